The zero-order valence-corrected chi connectivity index (χ0v) is 7.27. The van der Waals surface area contributed by atoms with E-state index in [2.05, 4.69) is 0 Å². The number of nitrogens with one attached hydrogen (secondary N) is 1. The average Bonchev–Trinajstić information content (AvgIpc) is 2.12. The molecule has 72 valence electrons. The zero-order valence-electron chi connectivity index (χ0n) is 7.27. The zero-order chi connectivity index (χ0) is 9.84. The van der Waals surface area contributed by atoms with Crippen molar-refractivity contribution in [2.24, 2.45) is 0 Å². The molecule has 0 atom stereocenters. The summed E-state index contributed by atoms with van der Waals surface area (Å²) in [5.74, 6) is -1.22. The van der Waals surface area contributed by atoms with Crippen LogP contribution in [0.1, 0.15) is 18.1 Å². The number of hydroxylamine groups is 1. The van der Waals surface area contributed by atoms with Crippen molar-refractivity contribution in [2.75, 3.05) is 0 Å². The lowest BCUT2D eigenvalue weighted by Gasteiger charge is -2.06. The SMILES string of the molecule is CCc1ccc(F)c(CNO)c1F. The highest BCUT2D eigenvalue weighted by molar-refractivity contribution is 5.27. The minimum Gasteiger partial charge on any atom is -0.316 e. The van der Waals surface area contributed by atoms with Gasteiger partial charge in [0.15, 0.2) is 0 Å². The molecule has 0 heterocycles. The van der Waals surface area contributed by atoms with Crippen LogP contribution in [0.3, 0.4) is 0 Å². The molecule has 0 amide bonds. The summed E-state index contributed by atoms with van der Waals surface area (Å²) in [6.45, 7) is 1.57. The van der Waals surface area contributed by atoms with E-state index in [1.165, 1.54) is 12.1 Å². The Labute approximate surface area is 75.2 Å². The van der Waals surface area contributed by atoms with E-state index < -0.39 is 11.6 Å². The van der Waals surface area contributed by atoms with Crippen molar-refractivity contribution in [1.82, 2.24) is 5.48 Å². The van der Waals surface area contributed by atoms with Gasteiger partial charge in [0.2, 0.25) is 0 Å². The number of halogens is 2. The van der Waals surface area contributed by atoms with Crippen molar-refractivity contribution in [1.29, 1.82) is 0 Å². The summed E-state index contributed by atoms with van der Waals surface area (Å²) in [7, 11) is 0. The van der Waals surface area contributed by atoms with Gasteiger partial charge in [-0.05, 0) is 18.1 Å². The van der Waals surface area contributed by atoms with E-state index in [-0.39, 0.29) is 12.1 Å². The fourth-order valence-electron chi connectivity index (χ4n) is 1.16. The molecule has 0 radical (unpaired) electrons. The van der Waals surface area contributed by atoms with Gasteiger partial charge in [0, 0.05) is 5.56 Å². The van der Waals surface area contributed by atoms with Gasteiger partial charge in [0.1, 0.15) is 11.6 Å². The molecule has 0 aliphatic rings. The van der Waals surface area contributed by atoms with Crippen molar-refractivity contribution >= 4 is 0 Å². The number of benzene rings is 1. The summed E-state index contributed by atoms with van der Waals surface area (Å²) < 4.78 is 26.3. The van der Waals surface area contributed by atoms with Crippen LogP contribution in [0.5, 0.6) is 0 Å². The summed E-state index contributed by atoms with van der Waals surface area (Å²) in [5, 5.41) is 8.35. The molecule has 0 fully saturated rings. The van der Waals surface area contributed by atoms with Gasteiger partial charge in [0.25, 0.3) is 0 Å². The van der Waals surface area contributed by atoms with Crippen LogP contribution in [0.25, 0.3) is 0 Å². The Morgan fingerprint density at radius 3 is 2.62 bits per heavy atom. The highest BCUT2D eigenvalue weighted by Crippen LogP contribution is 2.16. The molecule has 0 unspecified atom stereocenters. The van der Waals surface area contributed by atoms with Gasteiger partial charge in [0.05, 0.1) is 6.54 Å². The maximum Gasteiger partial charge on any atom is 0.133 e. The summed E-state index contributed by atoms with van der Waals surface area (Å²) in [6, 6.07) is 2.61. The minimum absolute atomic E-state index is 0.123. The molecule has 1 rings (SSSR count). The normalized spacial score (nSPS) is 10.5. The Morgan fingerprint density at radius 1 is 1.38 bits per heavy atom. The summed E-state index contributed by atoms with van der Waals surface area (Å²) in [4.78, 5) is 0. The summed E-state index contributed by atoms with van der Waals surface area (Å²) in [6.07, 6.45) is 0.505. The number of aryl methyl sites for hydroxylation is 1. The van der Waals surface area contributed by atoms with E-state index >= 15 is 0 Å². The van der Waals surface area contributed by atoms with Crippen LogP contribution in [-0.2, 0) is 13.0 Å². The van der Waals surface area contributed by atoms with Crippen molar-refractivity contribution in [3.05, 3.63) is 34.9 Å². The quantitative estimate of drug-likeness (QED) is 0.709. The van der Waals surface area contributed by atoms with Gasteiger partial charge in [-0.2, -0.15) is 0 Å². The van der Waals surface area contributed by atoms with Gasteiger partial charge in [-0.25, -0.2) is 14.3 Å². The third kappa shape index (κ3) is 2.02. The van der Waals surface area contributed by atoms with Crippen LogP contribution in [0, 0.1) is 11.6 Å². The number of hydrogen-bond donors (Lipinski definition) is 2. The van der Waals surface area contributed by atoms with Gasteiger partial charge in [-0.15, -0.1) is 0 Å². The predicted molar refractivity (Wildman–Crippen MR) is 44.4 cm³/mol. The second-order valence-electron chi connectivity index (χ2n) is 2.69. The molecule has 0 saturated heterocycles. The Kier molecular flexibility index (Phi) is 3.33. The lowest BCUT2D eigenvalue weighted by Crippen LogP contribution is -2.11. The molecule has 1 aromatic rings. The fourth-order valence-corrected chi connectivity index (χ4v) is 1.16. The molecule has 1 aromatic carbocycles. The molecule has 0 aromatic heterocycles. The molecule has 2 N–H and O–H groups in total. The average molecular weight is 187 g/mol. The molecular weight excluding hydrogens is 176 g/mol. The molecule has 0 spiro atoms. The highest BCUT2D eigenvalue weighted by Gasteiger charge is 2.11. The molecular formula is C9H11F2NO. The van der Waals surface area contributed by atoms with Crippen LogP contribution >= 0.6 is 0 Å². The first kappa shape index (κ1) is 10.1. The van der Waals surface area contributed by atoms with Crippen molar-refractivity contribution in [3.8, 4) is 0 Å². The second-order valence-corrected chi connectivity index (χ2v) is 2.69. The van der Waals surface area contributed by atoms with E-state index in [9.17, 15) is 8.78 Å². The maximum absolute atomic E-state index is 13.3. The molecule has 0 bridgehead atoms. The number of hydrogen-bond acceptors (Lipinski definition) is 2. The lowest BCUT2D eigenvalue weighted by molar-refractivity contribution is 0.158. The monoisotopic (exact) mass is 187 g/mol. The lowest BCUT2D eigenvalue weighted by atomic mass is 10.1. The molecule has 4 heteroatoms. The predicted octanol–water partition coefficient (Wildman–Crippen LogP) is 2.01. The fraction of sp³-hybridized carbons (Fsp3) is 0.333. The third-order valence-electron chi connectivity index (χ3n) is 1.90. The van der Waals surface area contributed by atoms with Crippen LogP contribution < -0.4 is 5.48 Å². The first-order chi connectivity index (χ1) is 6.20. The summed E-state index contributed by atoms with van der Waals surface area (Å²) in [5.41, 5.74) is 2.06. The van der Waals surface area contributed by atoms with E-state index in [4.69, 9.17) is 5.21 Å². The number of rotatable bonds is 3. The smallest absolute Gasteiger partial charge is 0.133 e. The van der Waals surface area contributed by atoms with Crippen LogP contribution in [0.15, 0.2) is 12.1 Å². The first-order valence-electron chi connectivity index (χ1n) is 4.03. The van der Waals surface area contributed by atoms with E-state index in [1.807, 2.05) is 0 Å². The van der Waals surface area contributed by atoms with E-state index in [1.54, 1.807) is 12.4 Å². The molecule has 0 saturated carbocycles. The topological polar surface area (TPSA) is 32.3 Å². The molecule has 2 nitrogen and oxygen atoms in total. The highest BCUT2D eigenvalue weighted by atomic mass is 19.1. The third-order valence-corrected chi connectivity index (χ3v) is 1.90. The van der Waals surface area contributed by atoms with Gasteiger partial charge >= 0.3 is 0 Å². The summed E-state index contributed by atoms with van der Waals surface area (Å²) >= 11 is 0. The molecule has 0 aliphatic heterocycles. The Hall–Kier alpha value is -1.00. The van der Waals surface area contributed by atoms with Gasteiger partial charge in [-0.3, -0.25) is 0 Å². The Bertz CT molecular complexity index is 302. The largest absolute Gasteiger partial charge is 0.316 e. The second kappa shape index (κ2) is 4.30. The standard InChI is InChI=1S/C9H11F2NO/c1-2-6-3-4-8(10)7(5-12-13)9(6)11/h3-4,12-13H,2,5H2,1H3. The molecule has 0 aliphatic carbocycles. The molecule has 13 heavy (non-hydrogen) atoms. The van der Waals surface area contributed by atoms with Crippen molar-refractivity contribution < 1.29 is 14.0 Å². The maximum atomic E-state index is 13.3. The minimum atomic E-state index is -0.642. The van der Waals surface area contributed by atoms with Crippen LogP contribution in [-0.4, -0.2) is 5.21 Å². The van der Waals surface area contributed by atoms with E-state index in [0.717, 1.165) is 0 Å². The van der Waals surface area contributed by atoms with Crippen LogP contribution in [0.4, 0.5) is 8.78 Å². The van der Waals surface area contributed by atoms with Gasteiger partial charge < -0.3 is 5.21 Å². The van der Waals surface area contributed by atoms with E-state index in [0.29, 0.717) is 12.0 Å². The van der Waals surface area contributed by atoms with Crippen molar-refractivity contribution in [2.45, 2.75) is 19.9 Å². The van der Waals surface area contributed by atoms with Crippen molar-refractivity contribution in [3.63, 3.8) is 0 Å². The Balaban J connectivity index is 3.13. The van der Waals surface area contributed by atoms with Gasteiger partial charge in [-0.1, -0.05) is 13.0 Å². The van der Waals surface area contributed by atoms with Crippen LogP contribution in [0.2, 0.25) is 0 Å². The Morgan fingerprint density at radius 2 is 2.08 bits per heavy atom. The first-order valence-corrected chi connectivity index (χ1v) is 4.03.